The van der Waals surface area contributed by atoms with Crippen molar-refractivity contribution in [3.63, 3.8) is 0 Å². The number of aliphatic imine (C=N–C) groups is 1. The molecule has 0 radical (unpaired) electrons. The highest BCUT2D eigenvalue weighted by Gasteiger charge is 2.09. The first kappa shape index (κ1) is 17.7. The lowest BCUT2D eigenvalue weighted by Gasteiger charge is -2.16. The summed E-state index contributed by atoms with van der Waals surface area (Å²) in [4.78, 5) is 4.78. The zero-order valence-corrected chi connectivity index (χ0v) is 14.1. The molecule has 1 heterocycles. The molecule has 1 rings (SSSR count). The fourth-order valence-corrected chi connectivity index (χ4v) is 3.23. The summed E-state index contributed by atoms with van der Waals surface area (Å²) >= 11 is 0. The van der Waals surface area contributed by atoms with Crippen LogP contribution in [0, 0.1) is 0 Å². The molecular weight excluding hydrogens is 242 g/mol. The van der Waals surface area contributed by atoms with Crippen molar-refractivity contribution in [2.75, 3.05) is 0 Å². The van der Waals surface area contributed by atoms with E-state index in [1.807, 2.05) is 0 Å². The number of unbranched alkanes of at least 4 members (excludes halogenated alkanes) is 10. The van der Waals surface area contributed by atoms with E-state index < -0.39 is 0 Å². The summed E-state index contributed by atoms with van der Waals surface area (Å²) in [7, 11) is 0. The minimum Gasteiger partial charge on any atom is -0.291 e. The lowest BCUT2D eigenvalue weighted by molar-refractivity contribution is 0.549. The second-order valence-electron chi connectivity index (χ2n) is 6.72. The van der Waals surface area contributed by atoms with Crippen molar-refractivity contribution in [1.29, 1.82) is 0 Å². The van der Waals surface area contributed by atoms with Crippen molar-refractivity contribution in [2.45, 2.75) is 116 Å². The van der Waals surface area contributed by atoms with Crippen LogP contribution in [0.2, 0.25) is 0 Å². The van der Waals surface area contributed by atoms with E-state index in [0.29, 0.717) is 6.04 Å². The highest BCUT2D eigenvalue weighted by Crippen LogP contribution is 2.17. The van der Waals surface area contributed by atoms with Crippen LogP contribution in [0.4, 0.5) is 0 Å². The van der Waals surface area contributed by atoms with Gasteiger partial charge in [0.25, 0.3) is 0 Å². The van der Waals surface area contributed by atoms with Gasteiger partial charge in [0.05, 0.1) is 0 Å². The van der Waals surface area contributed by atoms with Crippen LogP contribution in [0.1, 0.15) is 110 Å². The molecule has 0 aliphatic carbocycles. The molecule has 20 heavy (non-hydrogen) atoms. The molecule has 0 amide bonds. The highest BCUT2D eigenvalue weighted by molar-refractivity contribution is 5.85. The van der Waals surface area contributed by atoms with Crippen LogP contribution in [0.15, 0.2) is 4.99 Å². The van der Waals surface area contributed by atoms with E-state index in [9.17, 15) is 0 Å². The molecule has 1 unspecified atom stereocenters. The van der Waals surface area contributed by atoms with Gasteiger partial charge in [0.2, 0.25) is 0 Å². The first-order chi connectivity index (χ1) is 9.83. The fraction of sp³-hybridized carbons (Fsp3) is 0.947. The molecule has 0 aromatic heterocycles. The Balaban J connectivity index is 1.81. The van der Waals surface area contributed by atoms with Crippen LogP contribution < -0.4 is 0 Å². The Morgan fingerprint density at radius 3 is 1.95 bits per heavy atom. The highest BCUT2D eigenvalue weighted by atomic mass is 14.8. The van der Waals surface area contributed by atoms with Crippen LogP contribution in [0.3, 0.4) is 0 Å². The van der Waals surface area contributed by atoms with Crippen LogP contribution in [-0.4, -0.2) is 11.8 Å². The molecule has 118 valence electrons. The van der Waals surface area contributed by atoms with Crippen molar-refractivity contribution in [1.82, 2.24) is 0 Å². The Morgan fingerprint density at radius 2 is 1.40 bits per heavy atom. The van der Waals surface area contributed by atoms with Gasteiger partial charge in [-0.2, -0.15) is 0 Å². The zero-order chi connectivity index (χ0) is 14.5. The molecule has 0 aromatic carbocycles. The molecule has 0 N–H and O–H groups in total. The molecule has 1 aliphatic rings. The third kappa shape index (κ3) is 9.55. The largest absolute Gasteiger partial charge is 0.291 e. The van der Waals surface area contributed by atoms with Crippen LogP contribution in [0.5, 0.6) is 0 Å². The van der Waals surface area contributed by atoms with Gasteiger partial charge < -0.3 is 0 Å². The Bertz CT molecular complexity index is 244. The van der Waals surface area contributed by atoms with E-state index in [1.165, 1.54) is 102 Å². The topological polar surface area (TPSA) is 12.4 Å². The average Bonchev–Trinajstić information content (AvgIpc) is 2.45. The van der Waals surface area contributed by atoms with E-state index in [1.54, 1.807) is 0 Å². The molecule has 0 saturated heterocycles. The number of hydrogen-bond donors (Lipinski definition) is 0. The predicted molar refractivity (Wildman–Crippen MR) is 91.8 cm³/mol. The first-order valence-electron chi connectivity index (χ1n) is 9.38. The second-order valence-corrected chi connectivity index (χ2v) is 6.72. The standard InChI is InChI=1S/C19H37N/c1-3-4-5-6-7-8-9-10-11-12-13-16-19-17-14-15-18(2)20-19/h18H,3-17H2,1-2H3. The monoisotopic (exact) mass is 279 g/mol. The van der Waals surface area contributed by atoms with Gasteiger partial charge >= 0.3 is 0 Å². The summed E-state index contributed by atoms with van der Waals surface area (Å²) in [6.07, 6.45) is 21.0. The molecule has 1 heteroatoms. The molecule has 0 fully saturated rings. The number of rotatable bonds is 12. The summed E-state index contributed by atoms with van der Waals surface area (Å²) < 4.78 is 0. The summed E-state index contributed by atoms with van der Waals surface area (Å²) in [5.74, 6) is 0. The Labute approximate surface area is 127 Å². The first-order valence-corrected chi connectivity index (χ1v) is 9.38. The van der Waals surface area contributed by atoms with E-state index in [4.69, 9.17) is 4.99 Å². The van der Waals surface area contributed by atoms with Gasteiger partial charge in [-0.1, -0.05) is 71.1 Å². The predicted octanol–water partition coefficient (Wildman–Crippen LogP) is 6.70. The lowest BCUT2D eigenvalue weighted by atomic mass is 9.99. The molecule has 1 atom stereocenters. The number of nitrogens with zero attached hydrogens (tertiary/aromatic N) is 1. The van der Waals surface area contributed by atoms with E-state index >= 15 is 0 Å². The van der Waals surface area contributed by atoms with Gasteiger partial charge in [-0.05, 0) is 39.0 Å². The van der Waals surface area contributed by atoms with Crippen molar-refractivity contribution >= 4 is 5.71 Å². The Hall–Kier alpha value is -0.330. The quantitative estimate of drug-likeness (QED) is 0.352. The van der Waals surface area contributed by atoms with Gasteiger partial charge in [0.15, 0.2) is 0 Å². The van der Waals surface area contributed by atoms with Gasteiger partial charge in [-0.3, -0.25) is 4.99 Å². The van der Waals surface area contributed by atoms with Gasteiger partial charge in [-0.25, -0.2) is 0 Å². The lowest BCUT2D eigenvalue weighted by Crippen LogP contribution is -2.12. The SMILES string of the molecule is CCCCCCCCCCCCCC1=NC(C)CCC1. The molecule has 0 saturated carbocycles. The molecule has 0 spiro atoms. The van der Waals surface area contributed by atoms with Crippen LogP contribution in [-0.2, 0) is 0 Å². The average molecular weight is 280 g/mol. The second kappa shape index (κ2) is 12.4. The van der Waals surface area contributed by atoms with Crippen molar-refractivity contribution < 1.29 is 0 Å². The Kier molecular flexibility index (Phi) is 11.0. The maximum absolute atomic E-state index is 4.78. The van der Waals surface area contributed by atoms with E-state index in [-0.39, 0.29) is 0 Å². The molecular formula is C19H37N. The molecule has 0 aromatic rings. The van der Waals surface area contributed by atoms with Gasteiger partial charge in [0.1, 0.15) is 0 Å². The summed E-state index contributed by atoms with van der Waals surface area (Å²) in [6.45, 7) is 4.55. The third-order valence-electron chi connectivity index (χ3n) is 4.56. The normalized spacial score (nSPS) is 19.1. The summed E-state index contributed by atoms with van der Waals surface area (Å²) in [5.41, 5.74) is 1.51. The zero-order valence-electron chi connectivity index (χ0n) is 14.1. The summed E-state index contributed by atoms with van der Waals surface area (Å²) in [5, 5.41) is 0. The van der Waals surface area contributed by atoms with Gasteiger partial charge in [-0.15, -0.1) is 0 Å². The van der Waals surface area contributed by atoms with Crippen LogP contribution in [0.25, 0.3) is 0 Å². The smallest absolute Gasteiger partial charge is 0.0470 e. The molecule has 1 nitrogen and oxygen atoms in total. The minimum absolute atomic E-state index is 0.603. The molecule has 1 aliphatic heterocycles. The molecule has 0 bridgehead atoms. The fourth-order valence-electron chi connectivity index (χ4n) is 3.23. The third-order valence-corrected chi connectivity index (χ3v) is 4.56. The van der Waals surface area contributed by atoms with Crippen molar-refractivity contribution in [3.05, 3.63) is 0 Å². The minimum atomic E-state index is 0.603. The van der Waals surface area contributed by atoms with Crippen molar-refractivity contribution in [3.8, 4) is 0 Å². The maximum Gasteiger partial charge on any atom is 0.0470 e. The summed E-state index contributed by atoms with van der Waals surface area (Å²) in [6, 6.07) is 0.603. The maximum atomic E-state index is 4.78. The number of hydrogen-bond acceptors (Lipinski definition) is 1. The van der Waals surface area contributed by atoms with E-state index in [2.05, 4.69) is 13.8 Å². The van der Waals surface area contributed by atoms with Crippen LogP contribution >= 0.6 is 0 Å². The van der Waals surface area contributed by atoms with E-state index in [0.717, 1.165) is 0 Å². The van der Waals surface area contributed by atoms with Gasteiger partial charge in [0, 0.05) is 11.8 Å². The Morgan fingerprint density at radius 1 is 0.850 bits per heavy atom. The van der Waals surface area contributed by atoms with Crippen molar-refractivity contribution in [2.24, 2.45) is 4.99 Å².